The first-order valence-corrected chi connectivity index (χ1v) is 7.68. The van der Waals surface area contributed by atoms with Crippen LogP contribution in [0.15, 0.2) is 61.2 Å². The third kappa shape index (κ3) is 4.25. The van der Waals surface area contributed by atoms with Crippen molar-refractivity contribution in [2.24, 2.45) is 0 Å². The summed E-state index contributed by atoms with van der Waals surface area (Å²) in [7, 11) is 0. The van der Waals surface area contributed by atoms with Crippen molar-refractivity contribution in [3.8, 4) is 0 Å². The van der Waals surface area contributed by atoms with E-state index in [1.54, 1.807) is 24.5 Å². The fraction of sp³-hybridized carbons (Fsp3) is 0.118. The normalized spacial score (nSPS) is 10.2. The molecule has 0 bridgehead atoms. The Balaban J connectivity index is 1.77. The molecule has 3 rings (SSSR count). The van der Waals surface area contributed by atoms with Gasteiger partial charge in [-0.15, -0.1) is 0 Å². The van der Waals surface area contributed by atoms with E-state index in [4.69, 9.17) is 0 Å². The van der Waals surface area contributed by atoms with E-state index in [-0.39, 0.29) is 17.3 Å². The zero-order valence-corrected chi connectivity index (χ0v) is 13.3. The lowest BCUT2D eigenvalue weighted by molar-refractivity contribution is -0.383. The summed E-state index contributed by atoms with van der Waals surface area (Å²) in [5.41, 5.74) is 1.55. The molecular formula is C17H16N6O2. The number of nitrogens with zero attached hydrogens (tertiary/aromatic N) is 4. The van der Waals surface area contributed by atoms with Crippen LogP contribution in [0, 0.1) is 10.1 Å². The first-order chi connectivity index (χ1) is 12.2. The van der Waals surface area contributed by atoms with Crippen molar-refractivity contribution < 1.29 is 4.92 Å². The minimum absolute atomic E-state index is 0.121. The second kappa shape index (κ2) is 7.82. The molecule has 0 unspecified atom stereocenters. The summed E-state index contributed by atoms with van der Waals surface area (Å²) >= 11 is 0. The van der Waals surface area contributed by atoms with Gasteiger partial charge in [-0.25, -0.2) is 9.97 Å². The molecule has 0 spiro atoms. The first kappa shape index (κ1) is 16.3. The van der Waals surface area contributed by atoms with Gasteiger partial charge in [0.25, 0.3) is 0 Å². The molecule has 0 aliphatic carbocycles. The van der Waals surface area contributed by atoms with Gasteiger partial charge >= 0.3 is 5.69 Å². The minimum atomic E-state index is -0.496. The third-order valence-electron chi connectivity index (χ3n) is 3.48. The Morgan fingerprint density at radius 3 is 2.56 bits per heavy atom. The molecule has 3 aromatic rings. The van der Waals surface area contributed by atoms with E-state index < -0.39 is 4.92 Å². The summed E-state index contributed by atoms with van der Waals surface area (Å²) < 4.78 is 0. The second-order valence-corrected chi connectivity index (χ2v) is 5.21. The number of nitro groups is 1. The topological polar surface area (TPSA) is 106 Å². The second-order valence-electron chi connectivity index (χ2n) is 5.21. The highest BCUT2D eigenvalue weighted by Crippen LogP contribution is 2.30. The van der Waals surface area contributed by atoms with E-state index in [1.165, 1.54) is 6.33 Å². The summed E-state index contributed by atoms with van der Waals surface area (Å²) in [5.74, 6) is 0.303. The predicted octanol–water partition coefficient (Wildman–Crippen LogP) is 3.18. The molecule has 0 radical (unpaired) electrons. The van der Waals surface area contributed by atoms with Crippen molar-refractivity contribution in [2.45, 2.75) is 6.42 Å². The largest absolute Gasteiger partial charge is 0.364 e. The Hall–Kier alpha value is -3.55. The summed E-state index contributed by atoms with van der Waals surface area (Å²) in [4.78, 5) is 23.0. The van der Waals surface area contributed by atoms with E-state index in [0.29, 0.717) is 12.2 Å². The highest BCUT2D eigenvalue weighted by atomic mass is 16.6. The smallest absolute Gasteiger partial charge is 0.353 e. The molecule has 126 valence electrons. The molecule has 25 heavy (non-hydrogen) atoms. The number of benzene rings is 1. The Bertz CT molecular complexity index is 842. The van der Waals surface area contributed by atoms with Crippen LogP contribution in [-0.4, -0.2) is 26.4 Å². The summed E-state index contributed by atoms with van der Waals surface area (Å²) in [6.45, 7) is 0.522. The van der Waals surface area contributed by atoms with Crippen LogP contribution in [0.2, 0.25) is 0 Å². The molecule has 2 N–H and O–H groups in total. The fourth-order valence-electron chi connectivity index (χ4n) is 2.32. The monoisotopic (exact) mass is 336 g/mol. The molecular weight excluding hydrogens is 320 g/mol. The van der Waals surface area contributed by atoms with Crippen LogP contribution in [0.5, 0.6) is 0 Å². The molecule has 0 saturated carbocycles. The average molecular weight is 336 g/mol. The van der Waals surface area contributed by atoms with Gasteiger partial charge in [0.15, 0.2) is 0 Å². The molecule has 1 aromatic carbocycles. The minimum Gasteiger partial charge on any atom is -0.364 e. The lowest BCUT2D eigenvalue weighted by Gasteiger charge is -2.10. The van der Waals surface area contributed by atoms with Crippen LogP contribution < -0.4 is 10.6 Å². The lowest BCUT2D eigenvalue weighted by atomic mass is 10.1. The molecule has 0 atom stereocenters. The Morgan fingerprint density at radius 2 is 1.84 bits per heavy atom. The number of hydrogen-bond donors (Lipinski definition) is 2. The molecule has 2 heterocycles. The van der Waals surface area contributed by atoms with E-state index >= 15 is 0 Å². The van der Waals surface area contributed by atoms with E-state index in [0.717, 1.165) is 12.0 Å². The molecule has 0 fully saturated rings. The van der Waals surface area contributed by atoms with Crippen molar-refractivity contribution >= 4 is 23.0 Å². The standard InChI is InChI=1S/C17H16N6O2/c24-23(25)15-16(19-10-8-13-5-2-1-3-6-13)20-12-21-17(15)22-14-7-4-9-18-11-14/h1-7,9,11-12H,8,10H2,(H2,19,20,21,22). The van der Waals surface area contributed by atoms with Crippen molar-refractivity contribution in [1.29, 1.82) is 0 Å². The molecule has 0 saturated heterocycles. The van der Waals surface area contributed by atoms with Gasteiger partial charge < -0.3 is 10.6 Å². The van der Waals surface area contributed by atoms with Gasteiger partial charge in [-0.3, -0.25) is 15.1 Å². The molecule has 0 aliphatic rings. The molecule has 0 aliphatic heterocycles. The maximum atomic E-state index is 11.5. The number of nitrogens with one attached hydrogen (secondary N) is 2. The number of pyridine rings is 1. The van der Waals surface area contributed by atoms with Crippen LogP contribution in [0.1, 0.15) is 5.56 Å². The van der Waals surface area contributed by atoms with Crippen LogP contribution in [0.3, 0.4) is 0 Å². The Labute approximate surface area is 144 Å². The zero-order chi connectivity index (χ0) is 17.5. The van der Waals surface area contributed by atoms with Gasteiger partial charge in [0, 0.05) is 12.7 Å². The third-order valence-corrected chi connectivity index (χ3v) is 3.48. The molecule has 8 nitrogen and oxygen atoms in total. The number of rotatable bonds is 7. The number of aromatic nitrogens is 3. The van der Waals surface area contributed by atoms with Crippen molar-refractivity contribution in [3.05, 3.63) is 76.9 Å². The van der Waals surface area contributed by atoms with Crippen LogP contribution in [-0.2, 0) is 6.42 Å². The molecule has 0 amide bonds. The van der Waals surface area contributed by atoms with Crippen LogP contribution >= 0.6 is 0 Å². The highest BCUT2D eigenvalue weighted by molar-refractivity contribution is 5.73. The number of hydrogen-bond acceptors (Lipinski definition) is 7. The Morgan fingerprint density at radius 1 is 1.04 bits per heavy atom. The van der Waals surface area contributed by atoms with Crippen molar-refractivity contribution in [1.82, 2.24) is 15.0 Å². The summed E-state index contributed by atoms with van der Waals surface area (Å²) in [6, 6.07) is 13.4. The zero-order valence-electron chi connectivity index (χ0n) is 13.3. The lowest BCUT2D eigenvalue weighted by Crippen LogP contribution is -2.10. The van der Waals surface area contributed by atoms with Crippen molar-refractivity contribution in [2.75, 3.05) is 17.2 Å². The van der Waals surface area contributed by atoms with Gasteiger partial charge in [0.2, 0.25) is 11.6 Å². The van der Waals surface area contributed by atoms with Crippen LogP contribution in [0.4, 0.5) is 23.0 Å². The van der Waals surface area contributed by atoms with E-state index in [1.807, 2.05) is 30.3 Å². The average Bonchev–Trinajstić information content (AvgIpc) is 2.63. The fourth-order valence-corrected chi connectivity index (χ4v) is 2.32. The van der Waals surface area contributed by atoms with Gasteiger partial charge in [0.1, 0.15) is 6.33 Å². The first-order valence-electron chi connectivity index (χ1n) is 7.68. The van der Waals surface area contributed by atoms with Gasteiger partial charge in [-0.1, -0.05) is 30.3 Å². The van der Waals surface area contributed by atoms with Crippen molar-refractivity contribution in [3.63, 3.8) is 0 Å². The molecule has 2 aromatic heterocycles. The van der Waals surface area contributed by atoms with Crippen LogP contribution in [0.25, 0.3) is 0 Å². The highest BCUT2D eigenvalue weighted by Gasteiger charge is 2.22. The van der Waals surface area contributed by atoms with Gasteiger partial charge in [0.05, 0.1) is 16.8 Å². The maximum absolute atomic E-state index is 11.5. The predicted molar refractivity (Wildman–Crippen MR) is 94.8 cm³/mol. The van der Waals surface area contributed by atoms with Gasteiger partial charge in [-0.05, 0) is 24.1 Å². The maximum Gasteiger partial charge on any atom is 0.353 e. The SMILES string of the molecule is O=[N+]([O-])c1c(NCCc2ccccc2)ncnc1Nc1cccnc1. The summed E-state index contributed by atoms with van der Waals surface area (Å²) in [6.07, 6.45) is 5.20. The quantitative estimate of drug-likeness (QED) is 0.504. The molecule has 8 heteroatoms. The number of anilines is 3. The van der Waals surface area contributed by atoms with E-state index in [2.05, 4.69) is 25.6 Å². The summed E-state index contributed by atoms with van der Waals surface area (Å²) in [5, 5.41) is 17.4. The van der Waals surface area contributed by atoms with E-state index in [9.17, 15) is 10.1 Å². The van der Waals surface area contributed by atoms with Gasteiger partial charge in [-0.2, -0.15) is 0 Å². The Kier molecular flexibility index (Phi) is 5.10.